The fraction of sp³-hybridized carbons (Fsp3) is 0.200. The molecule has 0 spiro atoms. The molecular weight excluding hydrogens is 677 g/mol. The molecule has 55 heavy (non-hydrogen) atoms. The normalized spacial score (nSPS) is 15.9. The number of furan rings is 2. The van der Waals surface area contributed by atoms with Crippen molar-refractivity contribution in [1.82, 2.24) is 9.80 Å². The summed E-state index contributed by atoms with van der Waals surface area (Å²) >= 11 is 0. The van der Waals surface area contributed by atoms with Gasteiger partial charge in [-0.1, -0.05) is 158 Å². The van der Waals surface area contributed by atoms with Crippen LogP contribution in [0.1, 0.15) is 62.9 Å². The molecular formula is C50H46N2O3. The quantitative estimate of drug-likeness (QED) is 0.169. The van der Waals surface area contributed by atoms with Gasteiger partial charge in [0.15, 0.2) is 0 Å². The van der Waals surface area contributed by atoms with Crippen molar-refractivity contribution in [1.29, 1.82) is 0 Å². The second-order valence-corrected chi connectivity index (χ2v) is 15.2. The monoisotopic (exact) mass is 722 g/mol. The highest BCUT2D eigenvalue weighted by atomic mass is 16.4. The average Bonchev–Trinajstić information content (AvgIpc) is 3.73. The molecule has 0 aliphatic carbocycles. The number of nitrogens with zero attached hydrogens (tertiary/aromatic N) is 2. The van der Waals surface area contributed by atoms with E-state index >= 15 is 0 Å². The molecule has 274 valence electrons. The van der Waals surface area contributed by atoms with Crippen LogP contribution in [0.2, 0.25) is 0 Å². The van der Waals surface area contributed by atoms with E-state index in [9.17, 15) is 5.11 Å². The number of likely N-dealkylation sites (tertiary alicyclic amines) is 2. The number of para-hydroxylation sites is 2. The van der Waals surface area contributed by atoms with Crippen molar-refractivity contribution < 1.29 is 13.9 Å². The molecule has 2 aliphatic heterocycles. The molecule has 0 radical (unpaired) electrons. The molecule has 5 heteroatoms. The van der Waals surface area contributed by atoms with Crippen LogP contribution >= 0.6 is 0 Å². The van der Waals surface area contributed by atoms with Gasteiger partial charge >= 0.3 is 0 Å². The van der Waals surface area contributed by atoms with Gasteiger partial charge in [0.2, 0.25) is 0 Å². The molecule has 0 amide bonds. The third kappa shape index (κ3) is 6.70. The molecule has 2 fully saturated rings. The summed E-state index contributed by atoms with van der Waals surface area (Å²) in [5.74, 6) is 2.32. The molecule has 0 unspecified atom stereocenters. The van der Waals surface area contributed by atoms with E-state index in [2.05, 4.69) is 144 Å². The summed E-state index contributed by atoms with van der Waals surface area (Å²) in [5.41, 5.74) is 8.39. The first-order valence-corrected chi connectivity index (χ1v) is 19.3. The smallest absolute Gasteiger partial charge is 0.148 e. The topological polar surface area (TPSA) is 53.0 Å². The minimum absolute atomic E-state index is 0.118. The maximum atomic E-state index is 11.3. The van der Waals surface area contributed by atoms with Crippen LogP contribution in [0.25, 0.3) is 21.9 Å². The number of hydrogen-bond acceptors (Lipinski definition) is 5. The third-order valence-electron chi connectivity index (χ3n) is 11.5. The predicted octanol–water partition coefficient (Wildman–Crippen LogP) is 11.0. The van der Waals surface area contributed by atoms with Gasteiger partial charge in [-0.2, -0.15) is 0 Å². The van der Waals surface area contributed by atoms with Crippen LogP contribution in [0, 0.1) is 13.8 Å². The second kappa shape index (κ2) is 14.8. The Kier molecular flexibility index (Phi) is 9.45. The second-order valence-electron chi connectivity index (χ2n) is 15.2. The van der Waals surface area contributed by atoms with E-state index < -0.39 is 5.60 Å². The Morgan fingerprint density at radius 1 is 0.491 bits per heavy atom. The summed E-state index contributed by atoms with van der Waals surface area (Å²) < 4.78 is 12.3. The molecule has 4 heterocycles. The van der Waals surface area contributed by atoms with Crippen LogP contribution in [0.4, 0.5) is 0 Å². The van der Waals surface area contributed by atoms with Gasteiger partial charge in [0.1, 0.15) is 28.3 Å². The summed E-state index contributed by atoms with van der Waals surface area (Å²) in [4.78, 5) is 4.87. The molecule has 8 aromatic rings. The van der Waals surface area contributed by atoms with Crippen molar-refractivity contribution in [3.05, 3.63) is 215 Å². The Morgan fingerprint density at radius 2 is 0.873 bits per heavy atom. The number of hydrogen-bond donors (Lipinski definition) is 1. The van der Waals surface area contributed by atoms with Crippen molar-refractivity contribution in [2.45, 2.75) is 37.5 Å². The lowest BCUT2D eigenvalue weighted by Crippen LogP contribution is -2.60. The fourth-order valence-electron chi connectivity index (χ4n) is 8.81. The number of benzene rings is 6. The summed E-state index contributed by atoms with van der Waals surface area (Å²) in [5, 5.41) is 13.7. The molecule has 2 aliphatic rings. The first-order valence-electron chi connectivity index (χ1n) is 19.3. The molecule has 1 N–H and O–H groups in total. The van der Waals surface area contributed by atoms with Gasteiger partial charge in [0.25, 0.3) is 0 Å². The maximum absolute atomic E-state index is 11.3. The minimum atomic E-state index is -0.953. The lowest BCUT2D eigenvalue weighted by Gasteiger charge is -2.49. The van der Waals surface area contributed by atoms with Gasteiger partial charge in [0, 0.05) is 48.4 Å². The summed E-state index contributed by atoms with van der Waals surface area (Å²) in [6.07, 6.45) is 0. The van der Waals surface area contributed by atoms with Crippen molar-refractivity contribution in [3.63, 3.8) is 0 Å². The molecule has 2 aromatic heterocycles. The maximum Gasteiger partial charge on any atom is 0.148 e. The molecule has 0 bridgehead atoms. The van der Waals surface area contributed by atoms with Crippen molar-refractivity contribution in [3.8, 4) is 0 Å². The number of rotatable bonds is 8. The van der Waals surface area contributed by atoms with Crippen LogP contribution < -0.4 is 0 Å². The molecule has 6 aromatic carbocycles. The van der Waals surface area contributed by atoms with E-state index in [1.54, 1.807) is 0 Å². The lowest BCUT2D eigenvalue weighted by molar-refractivity contribution is -0.128. The van der Waals surface area contributed by atoms with Crippen LogP contribution in [-0.4, -0.2) is 41.1 Å². The Bertz CT molecular complexity index is 2420. The van der Waals surface area contributed by atoms with E-state index in [0.717, 1.165) is 41.0 Å². The Balaban J connectivity index is 0.000000144. The Morgan fingerprint density at radius 3 is 1.31 bits per heavy atom. The predicted molar refractivity (Wildman–Crippen MR) is 221 cm³/mol. The van der Waals surface area contributed by atoms with E-state index in [1.807, 2.05) is 49.4 Å². The Hall–Kier alpha value is -5.72. The van der Waals surface area contributed by atoms with Crippen LogP contribution in [-0.2, 0) is 5.60 Å². The first kappa shape index (κ1) is 35.0. The molecule has 5 nitrogen and oxygen atoms in total. The van der Waals surface area contributed by atoms with Crippen molar-refractivity contribution >= 4 is 21.9 Å². The highest BCUT2D eigenvalue weighted by Crippen LogP contribution is 2.44. The number of β-amino-alcohol motifs (C(OH)–C–C–N with tert-alkyl or cyclic N) is 1. The van der Waals surface area contributed by atoms with Gasteiger partial charge in [0.05, 0.1) is 12.1 Å². The van der Waals surface area contributed by atoms with E-state index in [4.69, 9.17) is 8.83 Å². The van der Waals surface area contributed by atoms with Gasteiger partial charge in [-0.05, 0) is 53.8 Å². The van der Waals surface area contributed by atoms with Crippen molar-refractivity contribution in [2.24, 2.45) is 0 Å². The summed E-state index contributed by atoms with van der Waals surface area (Å²) in [6.45, 7) is 7.36. The number of aryl methyl sites for hydroxylation is 2. The average molecular weight is 723 g/mol. The summed E-state index contributed by atoms with van der Waals surface area (Å²) in [6, 6.07) is 59.4. The number of aliphatic hydroxyl groups is 1. The molecule has 10 rings (SSSR count). The number of fused-ring (bicyclic) bond motifs is 2. The van der Waals surface area contributed by atoms with Crippen LogP contribution in [0.15, 0.2) is 179 Å². The van der Waals surface area contributed by atoms with Crippen LogP contribution in [0.3, 0.4) is 0 Å². The lowest BCUT2D eigenvalue weighted by atomic mass is 9.84. The largest absolute Gasteiger partial charge is 0.460 e. The van der Waals surface area contributed by atoms with Gasteiger partial charge < -0.3 is 13.9 Å². The Labute approximate surface area is 323 Å². The SMILES string of the molecule is Cc1c(C2(O)CN(C(c3ccccc3)c3ccccc3)C2)oc2ccccc12.Cc1c(C2CN(C(c3ccccc3)c3ccccc3)C2)oc2ccccc12. The standard InChI is InChI=1S/C25H23NO2.C25H23NO/c1-18-21-14-8-9-15-22(21)28-24(18)25(27)16-26(17-25)23(19-10-4-2-5-11-19)20-12-6-3-7-13-20;1-18-22-14-8-9-15-23(22)27-25(18)21-16-26(17-21)24(19-10-4-2-5-11-19)20-12-6-3-7-13-20/h2-15,23,27H,16-17H2,1H3;2-15,21,24H,16-17H2,1H3. The van der Waals surface area contributed by atoms with Gasteiger partial charge in [-0.25, -0.2) is 0 Å². The highest BCUT2D eigenvalue weighted by molar-refractivity contribution is 5.83. The zero-order valence-corrected chi connectivity index (χ0v) is 31.4. The zero-order chi connectivity index (χ0) is 37.4. The highest BCUT2D eigenvalue weighted by Gasteiger charge is 2.49. The molecule has 0 saturated carbocycles. The first-order chi connectivity index (χ1) is 27.0. The molecule has 0 atom stereocenters. The van der Waals surface area contributed by atoms with E-state index in [0.29, 0.717) is 30.8 Å². The van der Waals surface area contributed by atoms with Crippen LogP contribution in [0.5, 0.6) is 0 Å². The fourth-order valence-corrected chi connectivity index (χ4v) is 8.81. The minimum Gasteiger partial charge on any atom is -0.460 e. The van der Waals surface area contributed by atoms with Crippen molar-refractivity contribution in [2.75, 3.05) is 26.2 Å². The van der Waals surface area contributed by atoms with E-state index in [-0.39, 0.29) is 6.04 Å². The van der Waals surface area contributed by atoms with E-state index in [1.165, 1.54) is 33.2 Å². The summed E-state index contributed by atoms with van der Waals surface area (Å²) in [7, 11) is 0. The third-order valence-corrected chi connectivity index (χ3v) is 11.5. The van der Waals surface area contributed by atoms with Gasteiger partial charge in [-0.15, -0.1) is 0 Å². The van der Waals surface area contributed by atoms with Gasteiger partial charge in [-0.3, -0.25) is 9.80 Å². The molecule has 2 saturated heterocycles. The zero-order valence-electron chi connectivity index (χ0n) is 31.4.